The van der Waals surface area contributed by atoms with E-state index in [0.717, 1.165) is 6.07 Å². The van der Waals surface area contributed by atoms with E-state index in [1.54, 1.807) is 0 Å². The molecule has 0 aromatic heterocycles. The molecule has 84 valence electrons. The molecule has 0 atom stereocenters. The first kappa shape index (κ1) is 12.4. The average Bonchev–Trinajstić information content (AvgIpc) is 2.25. The van der Waals surface area contributed by atoms with Gasteiger partial charge in [-0.1, -0.05) is 12.1 Å². The summed E-state index contributed by atoms with van der Waals surface area (Å²) < 4.78 is 26.0. The first-order valence-corrected chi connectivity index (χ1v) is 5.03. The molecular weight excluding hydrogens is 210 g/mol. The van der Waals surface area contributed by atoms with Gasteiger partial charge < -0.3 is 0 Å². The van der Waals surface area contributed by atoms with Crippen molar-refractivity contribution in [2.24, 2.45) is 0 Å². The number of unbranched alkanes of at least 4 members (excludes halogenated alkanes) is 1. The Kier molecular flexibility index (Phi) is 4.65. The summed E-state index contributed by atoms with van der Waals surface area (Å²) >= 11 is 0. The summed E-state index contributed by atoms with van der Waals surface area (Å²) in [5.74, 6) is 0.436. The fourth-order valence-corrected chi connectivity index (χ4v) is 1.37. The molecule has 0 saturated carbocycles. The van der Waals surface area contributed by atoms with E-state index >= 15 is 0 Å². The maximum absolute atomic E-state index is 13.2. The molecule has 0 saturated heterocycles. The Bertz CT molecular complexity index is 418. The third-order valence-corrected chi connectivity index (χ3v) is 2.20. The second kappa shape index (κ2) is 6.02. The predicted octanol–water partition coefficient (Wildman–Crippen LogP) is 2.88. The van der Waals surface area contributed by atoms with E-state index in [1.165, 1.54) is 12.1 Å². The minimum Gasteiger partial charge on any atom is -0.299 e. The lowest BCUT2D eigenvalue weighted by molar-refractivity contribution is -0.118. The van der Waals surface area contributed by atoms with Gasteiger partial charge in [0.15, 0.2) is 11.6 Å². The molecule has 0 heterocycles. The van der Waals surface area contributed by atoms with Crippen LogP contribution in [0.1, 0.15) is 24.8 Å². The van der Waals surface area contributed by atoms with E-state index < -0.39 is 11.6 Å². The minimum absolute atomic E-state index is 0.0752. The van der Waals surface area contributed by atoms with Gasteiger partial charge >= 0.3 is 0 Å². The van der Waals surface area contributed by atoms with Crippen LogP contribution in [0.15, 0.2) is 18.2 Å². The maximum Gasteiger partial charge on any atom is 0.162 e. The molecule has 0 aliphatic rings. The molecule has 0 bridgehead atoms. The van der Waals surface area contributed by atoms with Crippen LogP contribution in [-0.2, 0) is 11.2 Å². The van der Waals surface area contributed by atoms with Crippen LogP contribution in [0.5, 0.6) is 0 Å². The summed E-state index contributed by atoms with van der Waals surface area (Å²) in [6.07, 6.45) is 6.39. The van der Waals surface area contributed by atoms with Crippen molar-refractivity contribution in [2.75, 3.05) is 0 Å². The van der Waals surface area contributed by atoms with Gasteiger partial charge in [0.1, 0.15) is 5.78 Å². The van der Waals surface area contributed by atoms with Crippen LogP contribution in [0.2, 0.25) is 0 Å². The fraction of sp³-hybridized carbons (Fsp3) is 0.308. The van der Waals surface area contributed by atoms with Gasteiger partial charge in [0, 0.05) is 19.3 Å². The number of hydrogen-bond acceptors (Lipinski definition) is 1. The van der Waals surface area contributed by atoms with E-state index in [4.69, 9.17) is 6.42 Å². The molecule has 0 N–H and O–H groups in total. The zero-order valence-corrected chi connectivity index (χ0v) is 8.80. The molecule has 1 rings (SSSR count). The standard InChI is InChI=1S/C13H12F2O/c1-2-3-4-7-11(16)9-10-6-5-8-12(14)13(10)15/h1,5-6,8H,3-4,7,9H2. The summed E-state index contributed by atoms with van der Waals surface area (Å²) in [6.45, 7) is 0. The van der Waals surface area contributed by atoms with Crippen LogP contribution in [0.3, 0.4) is 0 Å². The number of benzene rings is 1. The molecule has 0 amide bonds. The van der Waals surface area contributed by atoms with Crippen LogP contribution >= 0.6 is 0 Å². The number of carbonyl (C=O) groups is 1. The van der Waals surface area contributed by atoms with E-state index in [1.807, 2.05) is 0 Å². The average molecular weight is 222 g/mol. The second-order valence-corrected chi connectivity index (χ2v) is 3.49. The van der Waals surface area contributed by atoms with Crippen molar-refractivity contribution >= 4 is 5.78 Å². The lowest BCUT2D eigenvalue weighted by Gasteiger charge is -2.02. The monoisotopic (exact) mass is 222 g/mol. The molecule has 1 nitrogen and oxygen atoms in total. The minimum atomic E-state index is -0.937. The smallest absolute Gasteiger partial charge is 0.162 e. The Hall–Kier alpha value is -1.69. The number of hydrogen-bond donors (Lipinski definition) is 0. The number of Topliss-reactive ketones (excluding diaryl/α,β-unsaturated/α-hetero) is 1. The van der Waals surface area contributed by atoms with Crippen molar-refractivity contribution in [2.45, 2.75) is 25.7 Å². The predicted molar refractivity (Wildman–Crippen MR) is 57.8 cm³/mol. The zero-order valence-electron chi connectivity index (χ0n) is 8.80. The SMILES string of the molecule is C#CCCCC(=O)Cc1cccc(F)c1F. The van der Waals surface area contributed by atoms with Crippen molar-refractivity contribution in [1.82, 2.24) is 0 Å². The van der Waals surface area contributed by atoms with E-state index in [2.05, 4.69) is 5.92 Å². The maximum atomic E-state index is 13.2. The van der Waals surface area contributed by atoms with Crippen LogP contribution in [-0.4, -0.2) is 5.78 Å². The van der Waals surface area contributed by atoms with Crippen molar-refractivity contribution < 1.29 is 13.6 Å². The summed E-state index contributed by atoms with van der Waals surface area (Å²) in [7, 11) is 0. The van der Waals surface area contributed by atoms with Gasteiger partial charge in [-0.2, -0.15) is 0 Å². The molecule has 0 aliphatic heterocycles. The van der Waals surface area contributed by atoms with Crippen LogP contribution in [0, 0.1) is 24.0 Å². The molecule has 16 heavy (non-hydrogen) atoms. The van der Waals surface area contributed by atoms with Gasteiger partial charge in [-0.05, 0) is 18.1 Å². The van der Waals surface area contributed by atoms with Crippen LogP contribution < -0.4 is 0 Å². The molecule has 0 spiro atoms. The van der Waals surface area contributed by atoms with Gasteiger partial charge in [-0.3, -0.25) is 4.79 Å². The highest BCUT2D eigenvalue weighted by Crippen LogP contribution is 2.13. The lowest BCUT2D eigenvalue weighted by atomic mass is 10.0. The van der Waals surface area contributed by atoms with Gasteiger partial charge in [0.2, 0.25) is 0 Å². The van der Waals surface area contributed by atoms with Crippen LogP contribution in [0.4, 0.5) is 8.78 Å². The summed E-state index contributed by atoms with van der Waals surface area (Å²) in [6, 6.07) is 3.83. The van der Waals surface area contributed by atoms with E-state index in [9.17, 15) is 13.6 Å². The second-order valence-electron chi connectivity index (χ2n) is 3.49. The third-order valence-electron chi connectivity index (χ3n) is 2.20. The highest BCUT2D eigenvalue weighted by molar-refractivity contribution is 5.80. The number of rotatable bonds is 5. The number of halogens is 2. The Morgan fingerprint density at radius 1 is 1.38 bits per heavy atom. The summed E-state index contributed by atoms with van der Waals surface area (Å²) in [5, 5.41) is 0. The van der Waals surface area contributed by atoms with Gasteiger partial charge in [-0.15, -0.1) is 12.3 Å². The highest BCUT2D eigenvalue weighted by atomic mass is 19.2. The molecule has 1 aromatic rings. The van der Waals surface area contributed by atoms with Crippen molar-refractivity contribution in [1.29, 1.82) is 0 Å². The Morgan fingerprint density at radius 3 is 2.81 bits per heavy atom. The quantitative estimate of drug-likeness (QED) is 0.553. The highest BCUT2D eigenvalue weighted by Gasteiger charge is 2.11. The van der Waals surface area contributed by atoms with Crippen molar-refractivity contribution in [3.63, 3.8) is 0 Å². The van der Waals surface area contributed by atoms with Gasteiger partial charge in [0.05, 0.1) is 0 Å². The molecule has 0 fully saturated rings. The Balaban J connectivity index is 2.57. The van der Waals surface area contributed by atoms with Crippen LogP contribution in [0.25, 0.3) is 0 Å². The molecule has 0 radical (unpaired) electrons. The Labute approximate surface area is 93.5 Å². The van der Waals surface area contributed by atoms with Crippen molar-refractivity contribution in [3.8, 4) is 12.3 Å². The van der Waals surface area contributed by atoms with Crippen molar-refractivity contribution in [3.05, 3.63) is 35.4 Å². The molecular formula is C13H12F2O. The Morgan fingerprint density at radius 2 is 2.12 bits per heavy atom. The molecule has 1 aromatic carbocycles. The normalized spacial score (nSPS) is 9.81. The largest absolute Gasteiger partial charge is 0.299 e. The molecule has 0 unspecified atom stereocenters. The zero-order chi connectivity index (χ0) is 12.0. The summed E-state index contributed by atoms with van der Waals surface area (Å²) in [5.41, 5.74) is 0.103. The first-order valence-electron chi connectivity index (χ1n) is 5.03. The fourth-order valence-electron chi connectivity index (χ4n) is 1.37. The van der Waals surface area contributed by atoms with Gasteiger partial charge in [-0.25, -0.2) is 8.78 Å². The molecule has 0 aliphatic carbocycles. The molecule has 3 heteroatoms. The number of ketones is 1. The summed E-state index contributed by atoms with van der Waals surface area (Å²) in [4.78, 5) is 11.4. The number of carbonyl (C=O) groups excluding carboxylic acids is 1. The first-order chi connectivity index (χ1) is 7.65. The lowest BCUT2D eigenvalue weighted by Crippen LogP contribution is -2.05. The van der Waals surface area contributed by atoms with E-state index in [-0.39, 0.29) is 17.8 Å². The topological polar surface area (TPSA) is 17.1 Å². The van der Waals surface area contributed by atoms with Gasteiger partial charge in [0.25, 0.3) is 0 Å². The number of terminal acetylenes is 1. The van der Waals surface area contributed by atoms with E-state index in [0.29, 0.717) is 19.3 Å². The third kappa shape index (κ3) is 3.47.